The predicted octanol–water partition coefficient (Wildman–Crippen LogP) is 5.13. The maximum atomic E-state index is 13.0. The molecule has 0 bridgehead atoms. The van der Waals surface area contributed by atoms with Gasteiger partial charge in [-0.2, -0.15) is 0 Å². The molecular formula is C30H41N3O5. The molecule has 1 amide bonds. The smallest absolute Gasteiger partial charge is 0.303 e. The third kappa shape index (κ3) is 7.62. The van der Waals surface area contributed by atoms with Crippen molar-refractivity contribution >= 4 is 17.6 Å². The summed E-state index contributed by atoms with van der Waals surface area (Å²) in [6.45, 7) is 9.10. The number of anilines is 1. The molecule has 8 nitrogen and oxygen atoms in total. The van der Waals surface area contributed by atoms with Gasteiger partial charge in [0.1, 0.15) is 5.75 Å². The van der Waals surface area contributed by atoms with Crippen LogP contribution in [-0.4, -0.2) is 55.3 Å². The number of hydrogen-bond donors (Lipinski definition) is 2. The fraction of sp³-hybridized carbons (Fsp3) is 0.567. The van der Waals surface area contributed by atoms with E-state index in [1.807, 2.05) is 30.3 Å². The molecule has 1 saturated heterocycles. The first kappa shape index (κ1) is 27.7. The molecule has 2 aromatic rings. The van der Waals surface area contributed by atoms with E-state index >= 15 is 0 Å². The molecule has 2 aliphatic rings. The van der Waals surface area contributed by atoms with Crippen molar-refractivity contribution in [1.29, 1.82) is 0 Å². The molecule has 0 radical (unpaired) electrons. The number of carboxylic acid groups (broad SMARTS) is 1. The Bertz CT molecular complexity index is 1120. The van der Waals surface area contributed by atoms with Crippen LogP contribution in [0.3, 0.4) is 0 Å². The van der Waals surface area contributed by atoms with Crippen molar-refractivity contribution in [3.8, 4) is 11.6 Å². The monoisotopic (exact) mass is 523 g/mol. The van der Waals surface area contributed by atoms with Gasteiger partial charge in [0.05, 0.1) is 31.4 Å². The fourth-order valence-corrected chi connectivity index (χ4v) is 5.05. The van der Waals surface area contributed by atoms with Crippen molar-refractivity contribution in [2.75, 3.05) is 38.3 Å². The molecule has 206 valence electrons. The van der Waals surface area contributed by atoms with Crippen LogP contribution >= 0.6 is 0 Å². The highest BCUT2D eigenvalue weighted by molar-refractivity contribution is 6.00. The summed E-state index contributed by atoms with van der Waals surface area (Å²) in [5, 5.41) is 12.4. The zero-order valence-electron chi connectivity index (χ0n) is 23.0. The van der Waals surface area contributed by atoms with Gasteiger partial charge in [-0.3, -0.25) is 9.59 Å². The van der Waals surface area contributed by atoms with Crippen molar-refractivity contribution in [1.82, 2.24) is 10.3 Å². The largest absolute Gasteiger partial charge is 0.497 e. The molecular weight excluding hydrogens is 482 g/mol. The molecule has 2 heterocycles. The Morgan fingerprint density at radius 2 is 1.87 bits per heavy atom. The minimum absolute atomic E-state index is 0.00405. The Hall–Kier alpha value is -3.29. The third-order valence-corrected chi connectivity index (χ3v) is 7.42. The molecule has 1 aliphatic heterocycles. The van der Waals surface area contributed by atoms with Gasteiger partial charge in [0, 0.05) is 38.0 Å². The van der Waals surface area contributed by atoms with E-state index in [1.54, 1.807) is 13.3 Å². The lowest BCUT2D eigenvalue weighted by Gasteiger charge is -2.34. The Balaban J connectivity index is 1.35. The van der Waals surface area contributed by atoms with Crippen LogP contribution in [0.1, 0.15) is 74.7 Å². The average Bonchev–Trinajstić information content (AvgIpc) is 3.74. The summed E-state index contributed by atoms with van der Waals surface area (Å²) in [5.74, 6) is 1.31. The summed E-state index contributed by atoms with van der Waals surface area (Å²) in [4.78, 5) is 31.0. The molecule has 0 spiro atoms. The number of aromatic nitrogens is 1. The minimum atomic E-state index is -0.765. The number of benzene rings is 1. The van der Waals surface area contributed by atoms with Crippen LogP contribution in [0.25, 0.3) is 0 Å². The summed E-state index contributed by atoms with van der Waals surface area (Å²) in [7, 11) is 1.64. The highest BCUT2D eigenvalue weighted by Gasteiger charge is 2.34. The van der Waals surface area contributed by atoms with Crippen LogP contribution in [0.5, 0.6) is 11.6 Å². The van der Waals surface area contributed by atoms with E-state index in [2.05, 4.69) is 36.0 Å². The van der Waals surface area contributed by atoms with E-state index in [9.17, 15) is 14.7 Å². The van der Waals surface area contributed by atoms with Gasteiger partial charge in [0.2, 0.25) is 5.88 Å². The van der Waals surface area contributed by atoms with E-state index in [4.69, 9.17) is 9.47 Å². The number of pyridine rings is 1. The van der Waals surface area contributed by atoms with Gasteiger partial charge >= 0.3 is 5.97 Å². The average molecular weight is 524 g/mol. The van der Waals surface area contributed by atoms with Gasteiger partial charge in [-0.15, -0.1) is 0 Å². The standard InChI is InChI=1S/C30H41N3O5/c1-30(2,3)19-32-29(36)24-8-7-23(37-4)16-26(24)33-13-10-20(11-14-33)18-38-27-15-22(9-12-31-27)25(17-28(34)35)21-5-6-21/h7-9,12,15-16,20-21,25H,5-6,10-11,13-14,17-19H2,1-4H3,(H,32,36)(H,34,35). The van der Waals surface area contributed by atoms with Crippen LogP contribution in [-0.2, 0) is 4.79 Å². The summed E-state index contributed by atoms with van der Waals surface area (Å²) >= 11 is 0. The predicted molar refractivity (Wildman–Crippen MR) is 147 cm³/mol. The van der Waals surface area contributed by atoms with Gasteiger partial charge in [0.25, 0.3) is 5.91 Å². The second-order valence-electron chi connectivity index (χ2n) is 11.8. The van der Waals surface area contributed by atoms with Crippen LogP contribution < -0.4 is 19.7 Å². The number of amides is 1. The number of nitrogens with zero attached hydrogens (tertiary/aromatic N) is 2. The summed E-state index contributed by atoms with van der Waals surface area (Å²) < 4.78 is 11.5. The quantitative estimate of drug-likeness (QED) is 0.421. The minimum Gasteiger partial charge on any atom is -0.497 e. The van der Waals surface area contributed by atoms with Gasteiger partial charge in [0.15, 0.2) is 0 Å². The van der Waals surface area contributed by atoms with Crippen molar-refractivity contribution in [2.45, 2.75) is 58.8 Å². The molecule has 1 aromatic carbocycles. The molecule has 1 atom stereocenters. The summed E-state index contributed by atoms with van der Waals surface area (Å²) in [6, 6.07) is 9.47. The Morgan fingerprint density at radius 3 is 2.50 bits per heavy atom. The Morgan fingerprint density at radius 1 is 1.13 bits per heavy atom. The first-order chi connectivity index (χ1) is 18.1. The highest BCUT2D eigenvalue weighted by Crippen LogP contribution is 2.45. The molecule has 2 fully saturated rings. The Labute approximate surface area is 225 Å². The fourth-order valence-electron chi connectivity index (χ4n) is 5.05. The van der Waals surface area contributed by atoms with Crippen molar-refractivity contribution < 1.29 is 24.2 Å². The van der Waals surface area contributed by atoms with E-state index in [0.29, 0.717) is 36.4 Å². The highest BCUT2D eigenvalue weighted by atomic mass is 16.5. The van der Waals surface area contributed by atoms with E-state index in [0.717, 1.165) is 55.8 Å². The van der Waals surface area contributed by atoms with Gasteiger partial charge in [-0.05, 0) is 72.6 Å². The molecule has 1 aromatic heterocycles. The number of carbonyl (C=O) groups is 2. The number of carboxylic acids is 1. The lowest BCUT2D eigenvalue weighted by atomic mass is 9.92. The zero-order valence-corrected chi connectivity index (χ0v) is 23.0. The number of nitrogens with one attached hydrogen (secondary N) is 1. The van der Waals surface area contributed by atoms with Crippen molar-refractivity contribution in [3.05, 3.63) is 47.7 Å². The molecule has 2 N–H and O–H groups in total. The molecule has 1 aliphatic carbocycles. The number of hydrogen-bond acceptors (Lipinski definition) is 6. The van der Waals surface area contributed by atoms with Gasteiger partial charge < -0.3 is 24.8 Å². The van der Waals surface area contributed by atoms with Crippen LogP contribution in [0, 0.1) is 17.3 Å². The number of ether oxygens (including phenoxy) is 2. The van der Waals surface area contributed by atoms with Crippen LogP contribution in [0.15, 0.2) is 36.5 Å². The maximum Gasteiger partial charge on any atom is 0.303 e. The Kier molecular flexibility index (Phi) is 8.80. The lowest BCUT2D eigenvalue weighted by Crippen LogP contribution is -2.38. The maximum absolute atomic E-state index is 13.0. The van der Waals surface area contributed by atoms with Crippen LogP contribution in [0.2, 0.25) is 0 Å². The summed E-state index contributed by atoms with van der Waals surface area (Å²) in [6.07, 6.45) is 5.91. The van der Waals surface area contributed by atoms with Gasteiger partial charge in [-0.25, -0.2) is 4.98 Å². The number of aliphatic carboxylic acids is 1. The number of rotatable bonds is 11. The number of carbonyl (C=O) groups excluding carboxylic acids is 1. The van der Waals surface area contributed by atoms with Crippen molar-refractivity contribution in [3.63, 3.8) is 0 Å². The molecule has 38 heavy (non-hydrogen) atoms. The number of methoxy groups -OCH3 is 1. The first-order valence-electron chi connectivity index (χ1n) is 13.6. The van der Waals surface area contributed by atoms with Crippen LogP contribution in [0.4, 0.5) is 5.69 Å². The SMILES string of the molecule is COc1ccc(C(=O)NCC(C)(C)C)c(N2CCC(COc3cc(C(CC(=O)O)C4CC4)ccn3)CC2)c1. The van der Waals surface area contributed by atoms with E-state index in [1.165, 1.54) is 0 Å². The second-order valence-corrected chi connectivity index (χ2v) is 11.8. The lowest BCUT2D eigenvalue weighted by molar-refractivity contribution is -0.137. The molecule has 1 saturated carbocycles. The normalized spacial score (nSPS) is 17.1. The molecule has 1 unspecified atom stereocenters. The summed E-state index contributed by atoms with van der Waals surface area (Å²) in [5.41, 5.74) is 2.57. The van der Waals surface area contributed by atoms with Crippen molar-refractivity contribution in [2.24, 2.45) is 17.3 Å². The zero-order chi connectivity index (χ0) is 27.3. The first-order valence-corrected chi connectivity index (χ1v) is 13.6. The number of piperidine rings is 1. The third-order valence-electron chi connectivity index (χ3n) is 7.42. The van der Waals surface area contributed by atoms with E-state index in [-0.39, 0.29) is 23.7 Å². The molecule has 8 heteroatoms. The molecule has 4 rings (SSSR count). The second kappa shape index (κ2) is 12.0. The topological polar surface area (TPSA) is 101 Å². The van der Waals surface area contributed by atoms with E-state index < -0.39 is 5.97 Å². The van der Waals surface area contributed by atoms with Gasteiger partial charge in [-0.1, -0.05) is 20.8 Å².